The first-order valence-electron chi connectivity index (χ1n) is 4.68. The standard InChI is InChI=1S/C9H12ClN3O/c1-5(6-2-3-6)13-8-7(10)9(14)12-4-11-8/h4-6H,2-3H2,1H3,(H2,11,12,13,14). The van der Waals surface area contributed by atoms with Crippen LogP contribution in [0.2, 0.25) is 5.02 Å². The van der Waals surface area contributed by atoms with Gasteiger partial charge in [-0.2, -0.15) is 0 Å². The third-order valence-corrected chi connectivity index (χ3v) is 2.84. The summed E-state index contributed by atoms with van der Waals surface area (Å²) in [6.45, 7) is 2.08. The first-order chi connectivity index (χ1) is 6.68. The molecule has 0 spiro atoms. The molecule has 1 unspecified atom stereocenters. The third-order valence-electron chi connectivity index (χ3n) is 2.49. The second-order valence-corrected chi connectivity index (χ2v) is 4.04. The zero-order chi connectivity index (χ0) is 10.1. The van der Waals surface area contributed by atoms with Gasteiger partial charge in [0.15, 0.2) is 5.82 Å². The second kappa shape index (κ2) is 3.61. The van der Waals surface area contributed by atoms with Crippen LogP contribution in [-0.4, -0.2) is 16.0 Å². The summed E-state index contributed by atoms with van der Waals surface area (Å²) in [5.74, 6) is 1.18. The number of H-pyrrole nitrogens is 1. The van der Waals surface area contributed by atoms with E-state index in [4.69, 9.17) is 11.6 Å². The molecule has 2 N–H and O–H groups in total. The van der Waals surface area contributed by atoms with E-state index < -0.39 is 0 Å². The summed E-state index contributed by atoms with van der Waals surface area (Å²) in [6.07, 6.45) is 3.85. The Balaban J connectivity index is 2.15. The van der Waals surface area contributed by atoms with Crippen molar-refractivity contribution in [3.05, 3.63) is 21.7 Å². The molecule has 1 aromatic heterocycles. The lowest BCUT2D eigenvalue weighted by Crippen LogP contribution is -2.20. The van der Waals surface area contributed by atoms with Crippen LogP contribution < -0.4 is 10.9 Å². The zero-order valence-corrected chi connectivity index (χ0v) is 8.64. The minimum absolute atomic E-state index is 0.139. The van der Waals surface area contributed by atoms with Gasteiger partial charge >= 0.3 is 0 Å². The zero-order valence-electron chi connectivity index (χ0n) is 7.88. The number of hydrogen-bond donors (Lipinski definition) is 2. The van der Waals surface area contributed by atoms with Crippen LogP contribution in [0.1, 0.15) is 19.8 Å². The molecule has 14 heavy (non-hydrogen) atoms. The molecule has 1 atom stereocenters. The van der Waals surface area contributed by atoms with E-state index >= 15 is 0 Å². The molecule has 1 fully saturated rings. The first-order valence-corrected chi connectivity index (χ1v) is 5.06. The van der Waals surface area contributed by atoms with Crippen molar-refractivity contribution >= 4 is 17.4 Å². The van der Waals surface area contributed by atoms with Crippen molar-refractivity contribution in [2.75, 3.05) is 5.32 Å². The maximum absolute atomic E-state index is 11.1. The Hall–Kier alpha value is -1.03. The van der Waals surface area contributed by atoms with Gasteiger partial charge < -0.3 is 10.3 Å². The molecule has 0 radical (unpaired) electrons. The monoisotopic (exact) mass is 213 g/mol. The van der Waals surface area contributed by atoms with E-state index in [-0.39, 0.29) is 10.6 Å². The van der Waals surface area contributed by atoms with Gasteiger partial charge in [0.25, 0.3) is 5.56 Å². The quantitative estimate of drug-likeness (QED) is 0.803. The number of aromatic nitrogens is 2. The molecule has 0 aromatic carbocycles. The number of aromatic amines is 1. The average molecular weight is 214 g/mol. The van der Waals surface area contributed by atoms with Crippen LogP contribution in [0.3, 0.4) is 0 Å². The van der Waals surface area contributed by atoms with Crippen LogP contribution in [0.4, 0.5) is 5.82 Å². The highest BCUT2D eigenvalue weighted by Gasteiger charge is 2.28. The van der Waals surface area contributed by atoms with E-state index in [0.717, 1.165) is 0 Å². The molecule has 4 nitrogen and oxygen atoms in total. The Morgan fingerprint density at radius 1 is 1.71 bits per heavy atom. The first kappa shape index (κ1) is 9.52. The van der Waals surface area contributed by atoms with Gasteiger partial charge in [-0.1, -0.05) is 11.6 Å². The molecule has 1 aromatic rings. The van der Waals surface area contributed by atoms with Crippen molar-refractivity contribution < 1.29 is 0 Å². The normalized spacial score (nSPS) is 17.9. The molecule has 5 heteroatoms. The van der Waals surface area contributed by atoms with Gasteiger partial charge in [0.2, 0.25) is 0 Å². The Morgan fingerprint density at radius 2 is 2.43 bits per heavy atom. The van der Waals surface area contributed by atoms with Crippen LogP contribution in [0, 0.1) is 5.92 Å². The Labute approximate surface area is 86.7 Å². The highest BCUT2D eigenvalue weighted by molar-refractivity contribution is 6.32. The maximum atomic E-state index is 11.1. The minimum atomic E-state index is -0.299. The minimum Gasteiger partial charge on any atom is -0.366 e. The van der Waals surface area contributed by atoms with Gasteiger partial charge in [-0.3, -0.25) is 4.79 Å². The average Bonchev–Trinajstić information content (AvgIpc) is 2.95. The highest BCUT2D eigenvalue weighted by Crippen LogP contribution is 2.34. The largest absolute Gasteiger partial charge is 0.366 e. The van der Waals surface area contributed by atoms with Gasteiger partial charge in [-0.15, -0.1) is 0 Å². The molecule has 0 bridgehead atoms. The van der Waals surface area contributed by atoms with Gasteiger partial charge in [0.1, 0.15) is 5.02 Å². The Bertz CT molecular complexity index is 386. The maximum Gasteiger partial charge on any atom is 0.271 e. The summed E-state index contributed by atoms with van der Waals surface area (Å²) in [6, 6.07) is 0.335. The fourth-order valence-corrected chi connectivity index (χ4v) is 1.57. The summed E-state index contributed by atoms with van der Waals surface area (Å²) in [5.41, 5.74) is -0.299. The van der Waals surface area contributed by atoms with E-state index in [2.05, 4.69) is 22.2 Å². The van der Waals surface area contributed by atoms with Crippen molar-refractivity contribution in [1.82, 2.24) is 9.97 Å². The van der Waals surface area contributed by atoms with Gasteiger partial charge in [0, 0.05) is 6.04 Å². The van der Waals surface area contributed by atoms with Gasteiger partial charge in [0.05, 0.1) is 6.33 Å². The van der Waals surface area contributed by atoms with Crippen LogP contribution in [0.25, 0.3) is 0 Å². The number of rotatable bonds is 3. The molecule has 2 rings (SSSR count). The predicted octanol–water partition coefficient (Wildman–Crippen LogP) is 1.63. The Kier molecular flexibility index (Phi) is 2.46. The molecule has 0 amide bonds. The highest BCUT2D eigenvalue weighted by atomic mass is 35.5. The Morgan fingerprint density at radius 3 is 3.07 bits per heavy atom. The van der Waals surface area contributed by atoms with E-state index in [1.807, 2.05) is 0 Å². The lowest BCUT2D eigenvalue weighted by Gasteiger charge is -2.13. The lowest BCUT2D eigenvalue weighted by atomic mass is 10.2. The van der Waals surface area contributed by atoms with Gasteiger partial charge in [-0.05, 0) is 25.7 Å². The summed E-state index contributed by atoms with van der Waals surface area (Å²) in [5, 5.41) is 3.29. The number of hydrogen-bond acceptors (Lipinski definition) is 3. The van der Waals surface area contributed by atoms with Crippen molar-refractivity contribution in [3.63, 3.8) is 0 Å². The van der Waals surface area contributed by atoms with E-state index in [0.29, 0.717) is 17.8 Å². The molecule has 0 saturated heterocycles. The van der Waals surface area contributed by atoms with E-state index in [9.17, 15) is 4.79 Å². The van der Waals surface area contributed by atoms with Crippen LogP contribution in [0.5, 0.6) is 0 Å². The number of nitrogens with zero attached hydrogens (tertiary/aromatic N) is 1. The van der Waals surface area contributed by atoms with Gasteiger partial charge in [-0.25, -0.2) is 4.98 Å². The molecule has 1 aliphatic rings. The predicted molar refractivity (Wildman–Crippen MR) is 55.7 cm³/mol. The summed E-state index contributed by atoms with van der Waals surface area (Å²) in [4.78, 5) is 17.5. The van der Waals surface area contributed by atoms with Crippen molar-refractivity contribution in [3.8, 4) is 0 Å². The summed E-state index contributed by atoms with van der Waals surface area (Å²) in [7, 11) is 0. The molecule has 76 valence electrons. The molecule has 1 heterocycles. The van der Waals surface area contributed by atoms with E-state index in [1.54, 1.807) is 0 Å². The van der Waals surface area contributed by atoms with Crippen LogP contribution in [0.15, 0.2) is 11.1 Å². The number of anilines is 1. The lowest BCUT2D eigenvalue weighted by molar-refractivity contribution is 0.690. The third kappa shape index (κ3) is 1.90. The molecule has 1 aliphatic carbocycles. The van der Waals surface area contributed by atoms with Crippen molar-refractivity contribution in [2.24, 2.45) is 5.92 Å². The number of nitrogens with one attached hydrogen (secondary N) is 2. The fraction of sp³-hybridized carbons (Fsp3) is 0.556. The molecule has 0 aliphatic heterocycles. The van der Waals surface area contributed by atoms with Crippen LogP contribution in [-0.2, 0) is 0 Å². The summed E-state index contributed by atoms with van der Waals surface area (Å²) >= 11 is 5.79. The van der Waals surface area contributed by atoms with Crippen molar-refractivity contribution in [1.29, 1.82) is 0 Å². The fourth-order valence-electron chi connectivity index (χ4n) is 1.41. The SMILES string of the molecule is CC(Nc1nc[nH]c(=O)c1Cl)C1CC1. The topological polar surface area (TPSA) is 57.8 Å². The number of halogens is 1. The second-order valence-electron chi connectivity index (χ2n) is 3.66. The molecular formula is C9H12ClN3O. The van der Waals surface area contributed by atoms with Crippen LogP contribution >= 0.6 is 11.6 Å². The van der Waals surface area contributed by atoms with E-state index in [1.165, 1.54) is 19.2 Å². The summed E-state index contributed by atoms with van der Waals surface area (Å²) < 4.78 is 0. The van der Waals surface area contributed by atoms with Crippen molar-refractivity contribution in [2.45, 2.75) is 25.8 Å². The smallest absolute Gasteiger partial charge is 0.271 e. The molecular weight excluding hydrogens is 202 g/mol. The molecule has 1 saturated carbocycles.